The Hall–Kier alpha value is -5.58. The summed E-state index contributed by atoms with van der Waals surface area (Å²) in [6, 6.07) is 25.7. The number of ether oxygens (including phenoxy) is 1. The summed E-state index contributed by atoms with van der Waals surface area (Å²) >= 11 is 2.65. The van der Waals surface area contributed by atoms with Gasteiger partial charge in [0.05, 0.1) is 17.4 Å². The smallest absolute Gasteiger partial charge is 0.410 e. The molecule has 0 radical (unpaired) electrons. The van der Waals surface area contributed by atoms with Gasteiger partial charge in [-0.25, -0.2) is 4.79 Å². The Balaban J connectivity index is 1.29. The molecular weight excluding hydrogens is 721 g/mol. The van der Waals surface area contributed by atoms with Crippen molar-refractivity contribution < 1.29 is 23.9 Å². The summed E-state index contributed by atoms with van der Waals surface area (Å²) in [7, 11) is 3.88. The Morgan fingerprint density at radius 3 is 2.39 bits per heavy atom. The molecule has 1 unspecified atom stereocenters. The van der Waals surface area contributed by atoms with Crippen molar-refractivity contribution in [1.82, 2.24) is 10.2 Å². The van der Waals surface area contributed by atoms with Gasteiger partial charge in [-0.2, -0.15) is 5.26 Å². The summed E-state index contributed by atoms with van der Waals surface area (Å²) in [5.41, 5.74) is 3.32. The van der Waals surface area contributed by atoms with E-state index in [4.69, 9.17) is 4.74 Å². The molecule has 2 heterocycles. The van der Waals surface area contributed by atoms with Crippen LogP contribution in [0.3, 0.4) is 0 Å². The molecule has 3 N–H and O–H groups in total. The fourth-order valence-corrected chi connectivity index (χ4v) is 7.82. The lowest BCUT2D eigenvalue weighted by Crippen LogP contribution is -2.39. The van der Waals surface area contributed by atoms with Crippen LogP contribution in [0.25, 0.3) is 6.08 Å². The van der Waals surface area contributed by atoms with Crippen LogP contribution < -0.4 is 20.9 Å². The van der Waals surface area contributed by atoms with Crippen LogP contribution in [-0.4, -0.2) is 60.2 Å². The molecule has 0 aliphatic carbocycles. The van der Waals surface area contributed by atoms with E-state index in [0.717, 1.165) is 26.6 Å². The topological polar surface area (TPSA) is 144 Å². The number of carbonyl (C=O) groups excluding carboxylic acids is 4. The molecule has 4 aromatic rings. The molecule has 11 nitrogen and oxygen atoms in total. The molecule has 0 saturated heterocycles. The summed E-state index contributed by atoms with van der Waals surface area (Å²) in [6.45, 7) is 8.08. The van der Waals surface area contributed by atoms with E-state index in [-0.39, 0.29) is 11.6 Å². The van der Waals surface area contributed by atoms with Crippen molar-refractivity contribution >= 4 is 69.4 Å². The van der Waals surface area contributed by atoms with Gasteiger partial charge in [0.25, 0.3) is 11.8 Å². The third kappa shape index (κ3) is 10.3. The number of hydrogen-bond donors (Lipinski definition) is 3. The van der Waals surface area contributed by atoms with Gasteiger partial charge in [-0.1, -0.05) is 43.3 Å². The number of amides is 4. The van der Waals surface area contributed by atoms with Crippen molar-refractivity contribution in [2.45, 2.75) is 62.8 Å². The van der Waals surface area contributed by atoms with E-state index in [1.54, 1.807) is 53.4 Å². The number of rotatable bonds is 11. The summed E-state index contributed by atoms with van der Waals surface area (Å²) in [5.74, 6) is -1.20. The molecule has 0 bridgehead atoms. The predicted octanol–water partition coefficient (Wildman–Crippen LogP) is 7.90. The predicted molar refractivity (Wildman–Crippen MR) is 216 cm³/mol. The molecule has 0 saturated carbocycles. The maximum absolute atomic E-state index is 13.7. The van der Waals surface area contributed by atoms with E-state index in [0.29, 0.717) is 47.7 Å². The van der Waals surface area contributed by atoms with Crippen LogP contribution in [0, 0.1) is 11.3 Å². The first-order valence-corrected chi connectivity index (χ1v) is 19.2. The average molecular weight is 765 g/mol. The van der Waals surface area contributed by atoms with E-state index < -0.39 is 28.8 Å². The van der Waals surface area contributed by atoms with E-state index in [1.807, 2.05) is 83.1 Å². The molecular formula is C41H44N6O5S2. The number of nitriles is 1. The van der Waals surface area contributed by atoms with Gasteiger partial charge in [0.15, 0.2) is 0 Å². The number of thiophene rings is 1. The minimum absolute atomic E-state index is 0.0616. The summed E-state index contributed by atoms with van der Waals surface area (Å²) in [5, 5.41) is 18.6. The van der Waals surface area contributed by atoms with Crippen molar-refractivity contribution in [3.63, 3.8) is 0 Å². The second-order valence-electron chi connectivity index (χ2n) is 13.8. The van der Waals surface area contributed by atoms with Crippen LogP contribution in [0.5, 0.6) is 0 Å². The molecule has 4 amide bonds. The molecule has 0 spiro atoms. The number of thioether (sulfide) groups is 1. The van der Waals surface area contributed by atoms with Crippen LogP contribution in [0.15, 0.2) is 89.5 Å². The first-order valence-electron chi connectivity index (χ1n) is 17.5. The molecule has 0 fully saturated rings. The van der Waals surface area contributed by atoms with Crippen LogP contribution >= 0.6 is 23.1 Å². The fourth-order valence-electron chi connectivity index (χ4n) is 5.59. The van der Waals surface area contributed by atoms with E-state index in [1.165, 1.54) is 23.1 Å². The van der Waals surface area contributed by atoms with Crippen LogP contribution in [0.4, 0.5) is 21.2 Å². The zero-order valence-electron chi connectivity index (χ0n) is 31.2. The number of anilines is 3. The average Bonchev–Trinajstić information content (AvgIpc) is 3.49. The van der Waals surface area contributed by atoms with Gasteiger partial charge in [0, 0.05) is 47.4 Å². The quantitative estimate of drug-likeness (QED) is 0.103. The van der Waals surface area contributed by atoms with E-state index >= 15 is 0 Å². The Labute approximate surface area is 324 Å². The maximum Gasteiger partial charge on any atom is 0.410 e. The van der Waals surface area contributed by atoms with Crippen LogP contribution in [0.1, 0.15) is 66.0 Å². The van der Waals surface area contributed by atoms with Crippen molar-refractivity contribution in [3.8, 4) is 6.07 Å². The van der Waals surface area contributed by atoms with Crippen molar-refractivity contribution in [2.75, 3.05) is 36.2 Å². The van der Waals surface area contributed by atoms with Crippen molar-refractivity contribution in [3.05, 3.63) is 112 Å². The lowest BCUT2D eigenvalue weighted by Gasteiger charge is -2.29. The summed E-state index contributed by atoms with van der Waals surface area (Å²) in [6.07, 6.45) is 2.20. The largest absolute Gasteiger partial charge is 0.444 e. The van der Waals surface area contributed by atoms with Crippen molar-refractivity contribution in [2.24, 2.45) is 0 Å². The van der Waals surface area contributed by atoms with E-state index in [2.05, 4.69) is 22.0 Å². The molecule has 3 aromatic carbocycles. The second kappa shape index (κ2) is 17.5. The standard InChI is InChI=1S/C41H44N6O5S2/c1-7-34(38(50)45-39-32(24-42)31-20-21-47(25-35(31)54-39)40(51)52-41(2,3)4)53-30-15-11-14-28(23-30)43-37(49)33(44-36(48)27-12-9-8-10-13-27)22-26-16-18-29(19-17-26)46(5)6/h8-19,22-23,34H,7,20-21,25H2,1-6H3,(H,43,49)(H,44,48)(H,45,50)/b33-22+. The van der Waals surface area contributed by atoms with Gasteiger partial charge < -0.3 is 30.5 Å². The molecule has 280 valence electrons. The zero-order valence-corrected chi connectivity index (χ0v) is 32.8. The number of nitrogens with one attached hydrogen (secondary N) is 3. The second-order valence-corrected chi connectivity index (χ2v) is 16.2. The zero-order chi connectivity index (χ0) is 39.0. The molecule has 13 heteroatoms. The Morgan fingerprint density at radius 1 is 1.02 bits per heavy atom. The third-order valence-electron chi connectivity index (χ3n) is 8.34. The maximum atomic E-state index is 13.7. The van der Waals surface area contributed by atoms with Gasteiger partial charge in [0.1, 0.15) is 22.4 Å². The van der Waals surface area contributed by atoms with Gasteiger partial charge in [-0.15, -0.1) is 23.1 Å². The fraction of sp³-hybridized carbons (Fsp3) is 0.293. The molecule has 1 aliphatic heterocycles. The highest BCUT2D eigenvalue weighted by Crippen LogP contribution is 2.38. The molecule has 54 heavy (non-hydrogen) atoms. The number of fused-ring (bicyclic) bond motifs is 1. The van der Waals surface area contributed by atoms with Gasteiger partial charge in [-0.3, -0.25) is 14.4 Å². The Morgan fingerprint density at radius 2 is 1.74 bits per heavy atom. The van der Waals surface area contributed by atoms with Gasteiger partial charge >= 0.3 is 6.09 Å². The van der Waals surface area contributed by atoms with Gasteiger partial charge in [0.2, 0.25) is 5.91 Å². The van der Waals surface area contributed by atoms with Gasteiger partial charge in [-0.05, 0) is 93.3 Å². The van der Waals surface area contributed by atoms with Crippen molar-refractivity contribution in [1.29, 1.82) is 5.26 Å². The first kappa shape index (κ1) is 39.6. The minimum Gasteiger partial charge on any atom is -0.444 e. The normalized spacial score (nSPS) is 13.2. The summed E-state index contributed by atoms with van der Waals surface area (Å²) < 4.78 is 5.54. The third-order valence-corrected chi connectivity index (χ3v) is 10.8. The van der Waals surface area contributed by atoms with E-state index in [9.17, 15) is 24.4 Å². The lowest BCUT2D eigenvalue weighted by molar-refractivity contribution is -0.116. The number of nitrogens with zero attached hydrogens (tertiary/aromatic N) is 3. The number of carbonyl (C=O) groups is 4. The molecule has 1 aliphatic rings. The number of hydrogen-bond acceptors (Lipinski definition) is 9. The number of benzene rings is 3. The minimum atomic E-state index is -0.624. The Kier molecular flexibility index (Phi) is 12.8. The molecule has 1 atom stereocenters. The highest BCUT2D eigenvalue weighted by molar-refractivity contribution is 8.00. The van der Waals surface area contributed by atoms with Crippen LogP contribution in [-0.2, 0) is 27.3 Å². The molecule has 5 rings (SSSR count). The SMILES string of the molecule is CCC(Sc1cccc(NC(=O)/C(=C\c2ccc(N(C)C)cc2)NC(=O)c2ccccc2)c1)C(=O)Nc1sc2c(c1C#N)CCN(C(=O)OC(C)(C)C)C2. The highest BCUT2D eigenvalue weighted by Gasteiger charge is 2.31. The highest BCUT2D eigenvalue weighted by atomic mass is 32.2. The van der Waals surface area contributed by atoms with Crippen LogP contribution in [0.2, 0.25) is 0 Å². The lowest BCUT2D eigenvalue weighted by atomic mass is 10.0. The first-order chi connectivity index (χ1) is 25.7. The Bertz CT molecular complexity index is 2080. The molecule has 1 aromatic heterocycles. The monoisotopic (exact) mass is 764 g/mol. The summed E-state index contributed by atoms with van der Waals surface area (Å²) in [4.78, 5) is 58.3.